The number of halogens is 1. The number of nitrogens with two attached hydrogens (primary N) is 1. The lowest BCUT2D eigenvalue weighted by molar-refractivity contribution is 0.0318. The molecule has 0 unspecified atom stereocenters. The van der Waals surface area contributed by atoms with Crippen LogP contribution in [-0.2, 0) is 4.74 Å². The van der Waals surface area contributed by atoms with Crippen LogP contribution in [0.2, 0.25) is 0 Å². The van der Waals surface area contributed by atoms with Crippen LogP contribution in [0.4, 0.5) is 9.18 Å². The molecular weight excluding hydrogens is 151 g/mol. The Kier molecular flexibility index (Phi) is 2.64. The molecule has 0 saturated carbocycles. The van der Waals surface area contributed by atoms with Gasteiger partial charge in [-0.1, -0.05) is 0 Å². The third-order valence-corrected chi connectivity index (χ3v) is 1.62. The van der Waals surface area contributed by atoms with Crippen LogP contribution in [-0.4, -0.2) is 31.5 Å². The van der Waals surface area contributed by atoms with Crippen LogP contribution in [0.5, 0.6) is 0 Å². The molecule has 0 aliphatic carbocycles. The van der Waals surface area contributed by atoms with Crippen molar-refractivity contribution in [2.45, 2.75) is 18.7 Å². The minimum atomic E-state index is -1.13. The number of nitrogens with one attached hydrogen (secondary N) is 1. The summed E-state index contributed by atoms with van der Waals surface area (Å²) in [7, 11) is 0. The van der Waals surface area contributed by atoms with E-state index in [9.17, 15) is 9.18 Å². The Morgan fingerprint density at radius 2 is 2.45 bits per heavy atom. The van der Waals surface area contributed by atoms with Crippen molar-refractivity contribution in [3.8, 4) is 0 Å². The van der Waals surface area contributed by atoms with Gasteiger partial charge in [-0.3, -0.25) is 0 Å². The summed E-state index contributed by atoms with van der Waals surface area (Å²) in [6, 6.07) is 0. The molecular formula is C6H11FN2O2. The Labute approximate surface area is 63.9 Å². The van der Waals surface area contributed by atoms with Gasteiger partial charge in [0.2, 0.25) is 0 Å². The topological polar surface area (TPSA) is 64.4 Å². The Hall–Kier alpha value is -0.840. The quantitative estimate of drug-likeness (QED) is 0.560. The van der Waals surface area contributed by atoms with Crippen molar-refractivity contribution >= 4 is 6.09 Å². The minimum absolute atomic E-state index is 0.234. The summed E-state index contributed by atoms with van der Waals surface area (Å²) >= 11 is 0. The van der Waals surface area contributed by atoms with E-state index in [1.54, 1.807) is 0 Å². The summed E-state index contributed by atoms with van der Waals surface area (Å²) in [4.78, 5) is 10.2. The summed E-state index contributed by atoms with van der Waals surface area (Å²) in [6.45, 7) is 0.899. The molecule has 1 fully saturated rings. The van der Waals surface area contributed by atoms with E-state index >= 15 is 0 Å². The standard InChI is InChI=1S/C6H11FN2O2/c7-4-3-9-2-1-5(4)11-6(8)10/h4-5,9H,1-3H2,(H2,8,10)/t4-,5-/m1/s1. The Balaban J connectivity index is 2.35. The number of ether oxygens (including phenoxy) is 1. The fourth-order valence-corrected chi connectivity index (χ4v) is 1.08. The third kappa shape index (κ3) is 2.34. The summed E-state index contributed by atoms with van der Waals surface area (Å²) in [5.41, 5.74) is 4.74. The van der Waals surface area contributed by atoms with Gasteiger partial charge in [-0.15, -0.1) is 0 Å². The molecule has 0 bridgehead atoms. The number of primary amides is 1. The highest BCUT2D eigenvalue weighted by molar-refractivity contribution is 5.64. The lowest BCUT2D eigenvalue weighted by atomic mass is 10.1. The molecule has 11 heavy (non-hydrogen) atoms. The molecule has 1 heterocycles. The third-order valence-electron chi connectivity index (χ3n) is 1.62. The SMILES string of the molecule is NC(=O)O[C@@H]1CCNC[C@H]1F. The lowest BCUT2D eigenvalue weighted by Crippen LogP contribution is -2.44. The molecule has 3 N–H and O–H groups in total. The molecule has 5 heteroatoms. The lowest BCUT2D eigenvalue weighted by Gasteiger charge is -2.25. The van der Waals surface area contributed by atoms with E-state index in [4.69, 9.17) is 5.73 Å². The first-order chi connectivity index (χ1) is 5.20. The maximum Gasteiger partial charge on any atom is 0.404 e. The second kappa shape index (κ2) is 3.52. The van der Waals surface area contributed by atoms with Gasteiger partial charge in [0.15, 0.2) is 0 Å². The first-order valence-electron chi connectivity index (χ1n) is 3.51. The molecule has 1 saturated heterocycles. The molecule has 1 aliphatic rings. The van der Waals surface area contributed by atoms with Gasteiger partial charge in [0.1, 0.15) is 12.3 Å². The number of alkyl halides is 1. The van der Waals surface area contributed by atoms with E-state index in [2.05, 4.69) is 10.1 Å². The number of carbonyl (C=O) groups is 1. The van der Waals surface area contributed by atoms with E-state index in [0.29, 0.717) is 13.0 Å². The average molecular weight is 162 g/mol. The van der Waals surface area contributed by atoms with Crippen LogP contribution in [0.3, 0.4) is 0 Å². The van der Waals surface area contributed by atoms with Gasteiger partial charge in [0.05, 0.1) is 0 Å². The van der Waals surface area contributed by atoms with Crippen molar-refractivity contribution in [2.24, 2.45) is 5.73 Å². The highest BCUT2D eigenvalue weighted by atomic mass is 19.1. The van der Waals surface area contributed by atoms with Crippen LogP contribution < -0.4 is 11.1 Å². The fraction of sp³-hybridized carbons (Fsp3) is 0.833. The number of rotatable bonds is 1. The fourth-order valence-electron chi connectivity index (χ4n) is 1.08. The number of hydrogen-bond acceptors (Lipinski definition) is 3. The Bertz CT molecular complexity index is 154. The van der Waals surface area contributed by atoms with E-state index in [1.807, 2.05) is 0 Å². The van der Waals surface area contributed by atoms with Crippen LogP contribution >= 0.6 is 0 Å². The van der Waals surface area contributed by atoms with Crippen molar-refractivity contribution < 1.29 is 13.9 Å². The van der Waals surface area contributed by atoms with E-state index in [1.165, 1.54) is 0 Å². The maximum absolute atomic E-state index is 12.8. The summed E-state index contributed by atoms with van der Waals surface area (Å²) < 4.78 is 17.3. The molecule has 1 amide bonds. The largest absolute Gasteiger partial charge is 0.443 e. The van der Waals surface area contributed by atoms with Gasteiger partial charge in [0, 0.05) is 6.54 Å². The van der Waals surface area contributed by atoms with Crippen molar-refractivity contribution in [3.63, 3.8) is 0 Å². The second-order valence-corrected chi connectivity index (χ2v) is 2.48. The first kappa shape index (κ1) is 8.26. The summed E-state index contributed by atoms with van der Waals surface area (Å²) in [6.07, 6.45) is -2.20. The zero-order chi connectivity index (χ0) is 8.27. The minimum Gasteiger partial charge on any atom is -0.443 e. The van der Waals surface area contributed by atoms with Gasteiger partial charge >= 0.3 is 6.09 Å². The van der Waals surface area contributed by atoms with E-state index in [-0.39, 0.29) is 6.54 Å². The number of amides is 1. The molecule has 2 atom stereocenters. The summed E-state index contributed by atoms with van der Waals surface area (Å²) in [5.74, 6) is 0. The molecule has 1 rings (SSSR count). The van der Waals surface area contributed by atoms with Gasteiger partial charge in [0.25, 0.3) is 0 Å². The normalized spacial score (nSPS) is 31.4. The van der Waals surface area contributed by atoms with Gasteiger partial charge < -0.3 is 15.8 Å². The van der Waals surface area contributed by atoms with Crippen LogP contribution in [0.25, 0.3) is 0 Å². The molecule has 4 nitrogen and oxygen atoms in total. The van der Waals surface area contributed by atoms with Crippen LogP contribution in [0.15, 0.2) is 0 Å². The van der Waals surface area contributed by atoms with Gasteiger partial charge in [-0.05, 0) is 13.0 Å². The molecule has 0 aromatic rings. The number of hydrogen-bond donors (Lipinski definition) is 2. The predicted molar refractivity (Wildman–Crippen MR) is 36.8 cm³/mol. The maximum atomic E-state index is 12.8. The van der Waals surface area contributed by atoms with Gasteiger partial charge in [-0.25, -0.2) is 9.18 Å². The predicted octanol–water partition coefficient (Wildman–Crippen LogP) is -0.218. The van der Waals surface area contributed by atoms with E-state index < -0.39 is 18.4 Å². The smallest absolute Gasteiger partial charge is 0.404 e. The Morgan fingerprint density at radius 3 is 3.00 bits per heavy atom. The zero-order valence-corrected chi connectivity index (χ0v) is 6.05. The van der Waals surface area contributed by atoms with Crippen molar-refractivity contribution in [1.29, 1.82) is 0 Å². The number of carbonyl (C=O) groups excluding carboxylic acids is 1. The molecule has 0 spiro atoms. The zero-order valence-electron chi connectivity index (χ0n) is 6.05. The Morgan fingerprint density at radius 1 is 1.73 bits per heavy atom. The number of piperidine rings is 1. The molecule has 0 aromatic heterocycles. The monoisotopic (exact) mass is 162 g/mol. The van der Waals surface area contributed by atoms with Crippen molar-refractivity contribution in [2.75, 3.05) is 13.1 Å². The molecule has 0 radical (unpaired) electrons. The second-order valence-electron chi connectivity index (χ2n) is 2.48. The van der Waals surface area contributed by atoms with Crippen molar-refractivity contribution in [1.82, 2.24) is 5.32 Å². The molecule has 64 valence electrons. The van der Waals surface area contributed by atoms with Crippen LogP contribution in [0, 0.1) is 0 Å². The highest BCUT2D eigenvalue weighted by Crippen LogP contribution is 2.10. The molecule has 1 aliphatic heterocycles. The van der Waals surface area contributed by atoms with Crippen molar-refractivity contribution in [3.05, 3.63) is 0 Å². The average Bonchev–Trinajstić information content (AvgIpc) is 1.93. The highest BCUT2D eigenvalue weighted by Gasteiger charge is 2.26. The van der Waals surface area contributed by atoms with Gasteiger partial charge in [-0.2, -0.15) is 0 Å². The summed E-state index contributed by atoms with van der Waals surface area (Å²) in [5, 5.41) is 2.83. The van der Waals surface area contributed by atoms with E-state index in [0.717, 1.165) is 0 Å². The molecule has 0 aromatic carbocycles. The van der Waals surface area contributed by atoms with Crippen LogP contribution in [0.1, 0.15) is 6.42 Å². The first-order valence-corrected chi connectivity index (χ1v) is 3.51.